The number of aromatic nitrogens is 1. The zero-order valence-corrected chi connectivity index (χ0v) is 12.3. The standard InChI is InChI=1S/C18H19NO2/c1-11(2)18-16(20)8-14(9-17(18)21)15-7-12-5-3-4-6-13(12)10-19-15/h5-11,20-21H,3-4H2,1-2H3. The van der Waals surface area contributed by atoms with Gasteiger partial charge in [0.2, 0.25) is 0 Å². The van der Waals surface area contributed by atoms with Gasteiger partial charge in [-0.15, -0.1) is 0 Å². The van der Waals surface area contributed by atoms with Crippen LogP contribution >= 0.6 is 0 Å². The Kier molecular flexibility index (Phi) is 3.42. The van der Waals surface area contributed by atoms with E-state index >= 15 is 0 Å². The lowest BCUT2D eigenvalue weighted by molar-refractivity contribution is 0.434. The molecule has 2 aromatic rings. The second-order valence-corrected chi connectivity index (χ2v) is 5.77. The van der Waals surface area contributed by atoms with Crippen LogP contribution in [-0.4, -0.2) is 15.2 Å². The van der Waals surface area contributed by atoms with Crippen LogP contribution in [0, 0.1) is 0 Å². The van der Waals surface area contributed by atoms with Gasteiger partial charge in [-0.05, 0) is 47.4 Å². The molecule has 0 saturated carbocycles. The molecule has 0 spiro atoms. The Morgan fingerprint density at radius 2 is 1.57 bits per heavy atom. The Balaban J connectivity index is 2.14. The molecule has 1 aromatic carbocycles. The van der Waals surface area contributed by atoms with Crippen molar-refractivity contribution in [2.45, 2.75) is 32.6 Å². The number of pyridine rings is 1. The van der Waals surface area contributed by atoms with Crippen molar-refractivity contribution in [3.05, 3.63) is 40.4 Å². The molecule has 108 valence electrons. The van der Waals surface area contributed by atoms with Gasteiger partial charge in [-0.3, -0.25) is 4.98 Å². The van der Waals surface area contributed by atoms with Gasteiger partial charge in [0.15, 0.2) is 0 Å². The molecule has 0 aliphatic heterocycles. The quantitative estimate of drug-likeness (QED) is 0.889. The summed E-state index contributed by atoms with van der Waals surface area (Å²) in [6.45, 7) is 3.88. The number of nitrogens with zero attached hydrogens (tertiary/aromatic N) is 1. The van der Waals surface area contributed by atoms with E-state index < -0.39 is 0 Å². The van der Waals surface area contributed by atoms with Crippen molar-refractivity contribution in [3.8, 4) is 22.8 Å². The van der Waals surface area contributed by atoms with Gasteiger partial charge in [-0.25, -0.2) is 0 Å². The van der Waals surface area contributed by atoms with Crippen molar-refractivity contribution in [2.75, 3.05) is 0 Å². The van der Waals surface area contributed by atoms with Crippen LogP contribution in [0.2, 0.25) is 0 Å². The third-order valence-electron chi connectivity index (χ3n) is 3.87. The SMILES string of the molecule is CC(C)c1c(O)cc(-c2cc3c(cn2)=CCCC=3)cc1O. The Hall–Kier alpha value is -2.29. The zero-order chi connectivity index (χ0) is 15.0. The summed E-state index contributed by atoms with van der Waals surface area (Å²) in [6, 6.07) is 5.36. The molecule has 1 aromatic heterocycles. The van der Waals surface area contributed by atoms with Gasteiger partial charge in [0, 0.05) is 17.3 Å². The molecule has 3 nitrogen and oxygen atoms in total. The van der Waals surface area contributed by atoms with Crippen LogP contribution in [-0.2, 0) is 0 Å². The fourth-order valence-corrected chi connectivity index (χ4v) is 2.83. The first-order valence-electron chi connectivity index (χ1n) is 7.29. The number of phenols is 2. The fourth-order valence-electron chi connectivity index (χ4n) is 2.83. The van der Waals surface area contributed by atoms with Crippen LogP contribution in [0.1, 0.15) is 38.2 Å². The molecule has 0 bridgehead atoms. The van der Waals surface area contributed by atoms with Gasteiger partial charge < -0.3 is 10.2 Å². The van der Waals surface area contributed by atoms with Gasteiger partial charge in [-0.2, -0.15) is 0 Å². The second kappa shape index (κ2) is 5.24. The molecule has 0 fully saturated rings. The third kappa shape index (κ3) is 2.51. The molecule has 1 heterocycles. The van der Waals surface area contributed by atoms with Crippen LogP contribution < -0.4 is 10.4 Å². The van der Waals surface area contributed by atoms with E-state index in [4.69, 9.17) is 0 Å². The Morgan fingerprint density at radius 3 is 2.19 bits per heavy atom. The third-order valence-corrected chi connectivity index (χ3v) is 3.87. The predicted molar refractivity (Wildman–Crippen MR) is 84.5 cm³/mol. The summed E-state index contributed by atoms with van der Waals surface area (Å²) in [5.74, 6) is 0.309. The molecule has 0 saturated heterocycles. The summed E-state index contributed by atoms with van der Waals surface area (Å²) in [5.41, 5.74) is 2.08. The Labute approximate surface area is 123 Å². The molecule has 0 amide bonds. The highest BCUT2D eigenvalue weighted by molar-refractivity contribution is 5.66. The largest absolute Gasteiger partial charge is 0.507 e. The van der Waals surface area contributed by atoms with E-state index in [-0.39, 0.29) is 17.4 Å². The number of hydrogen-bond donors (Lipinski definition) is 2. The highest BCUT2D eigenvalue weighted by Gasteiger charge is 2.14. The lowest BCUT2D eigenvalue weighted by Gasteiger charge is -2.13. The summed E-state index contributed by atoms with van der Waals surface area (Å²) in [5, 5.41) is 22.6. The Morgan fingerprint density at radius 1 is 0.952 bits per heavy atom. The summed E-state index contributed by atoms with van der Waals surface area (Å²) in [7, 11) is 0. The van der Waals surface area contributed by atoms with Crippen molar-refractivity contribution in [1.29, 1.82) is 0 Å². The molecule has 3 rings (SSSR count). The number of fused-ring (bicyclic) bond motifs is 1. The van der Waals surface area contributed by atoms with Crippen LogP contribution in [0.3, 0.4) is 0 Å². The van der Waals surface area contributed by atoms with Gasteiger partial charge in [0.05, 0.1) is 5.69 Å². The van der Waals surface area contributed by atoms with Gasteiger partial charge in [0.25, 0.3) is 0 Å². The van der Waals surface area contributed by atoms with E-state index in [0.29, 0.717) is 5.56 Å². The molecule has 1 aliphatic carbocycles. The Bertz CT molecular complexity index is 783. The minimum absolute atomic E-state index is 0.0680. The lowest BCUT2D eigenvalue weighted by Crippen LogP contribution is -2.27. The van der Waals surface area contributed by atoms with Crippen molar-refractivity contribution >= 4 is 12.2 Å². The molecule has 21 heavy (non-hydrogen) atoms. The van der Waals surface area contributed by atoms with Crippen molar-refractivity contribution in [3.63, 3.8) is 0 Å². The van der Waals surface area contributed by atoms with Gasteiger partial charge in [-0.1, -0.05) is 26.0 Å². The summed E-state index contributed by atoms with van der Waals surface area (Å²) >= 11 is 0. The topological polar surface area (TPSA) is 53.4 Å². The van der Waals surface area contributed by atoms with E-state index in [1.54, 1.807) is 12.1 Å². The van der Waals surface area contributed by atoms with E-state index in [2.05, 4.69) is 17.1 Å². The molecule has 0 unspecified atom stereocenters. The fraction of sp³-hybridized carbons (Fsp3) is 0.278. The van der Waals surface area contributed by atoms with E-state index in [0.717, 1.165) is 34.5 Å². The van der Waals surface area contributed by atoms with Gasteiger partial charge >= 0.3 is 0 Å². The molecule has 3 heteroatoms. The molecule has 1 aliphatic rings. The average Bonchev–Trinajstić information content (AvgIpc) is 2.45. The summed E-state index contributed by atoms with van der Waals surface area (Å²) < 4.78 is 0. The number of hydrogen-bond acceptors (Lipinski definition) is 3. The molecular weight excluding hydrogens is 262 g/mol. The monoisotopic (exact) mass is 281 g/mol. The molecule has 2 N–H and O–H groups in total. The van der Waals surface area contributed by atoms with E-state index in [1.165, 1.54) is 0 Å². The molecule has 0 radical (unpaired) electrons. The highest BCUT2D eigenvalue weighted by atomic mass is 16.3. The maximum Gasteiger partial charge on any atom is 0.123 e. The first-order valence-corrected chi connectivity index (χ1v) is 7.29. The first kappa shape index (κ1) is 13.7. The highest BCUT2D eigenvalue weighted by Crippen LogP contribution is 2.37. The minimum Gasteiger partial charge on any atom is -0.507 e. The average molecular weight is 281 g/mol. The molecule has 0 atom stereocenters. The van der Waals surface area contributed by atoms with Crippen LogP contribution in [0.4, 0.5) is 0 Å². The number of rotatable bonds is 2. The van der Waals surface area contributed by atoms with Crippen LogP contribution in [0.5, 0.6) is 11.5 Å². The van der Waals surface area contributed by atoms with Crippen molar-refractivity contribution in [2.24, 2.45) is 0 Å². The minimum atomic E-state index is 0.0680. The van der Waals surface area contributed by atoms with Crippen LogP contribution in [0.15, 0.2) is 24.4 Å². The summed E-state index contributed by atoms with van der Waals surface area (Å²) in [4.78, 5) is 4.45. The van der Waals surface area contributed by atoms with Crippen LogP contribution in [0.25, 0.3) is 23.4 Å². The maximum atomic E-state index is 10.1. The predicted octanol–water partition coefficient (Wildman–Crippen LogP) is 2.64. The van der Waals surface area contributed by atoms with Crippen molar-refractivity contribution < 1.29 is 10.2 Å². The lowest BCUT2D eigenvalue weighted by atomic mass is 9.97. The van der Waals surface area contributed by atoms with E-state index in [1.807, 2.05) is 26.1 Å². The second-order valence-electron chi connectivity index (χ2n) is 5.77. The number of benzene rings is 1. The summed E-state index contributed by atoms with van der Waals surface area (Å²) in [6.07, 6.45) is 8.33. The van der Waals surface area contributed by atoms with Gasteiger partial charge in [0.1, 0.15) is 11.5 Å². The van der Waals surface area contributed by atoms with E-state index in [9.17, 15) is 10.2 Å². The first-order chi connectivity index (χ1) is 10.1. The normalized spacial score (nSPS) is 13.5. The number of phenolic OH excluding ortho intramolecular Hbond substituents is 2. The zero-order valence-electron chi connectivity index (χ0n) is 12.3. The molecular formula is C18H19NO2. The number of aromatic hydroxyl groups is 2. The van der Waals surface area contributed by atoms with Crippen molar-refractivity contribution in [1.82, 2.24) is 4.98 Å². The maximum absolute atomic E-state index is 10.1. The smallest absolute Gasteiger partial charge is 0.123 e.